The molecule has 0 radical (unpaired) electrons. The molecule has 0 aliphatic rings. The number of ketones is 1. The molecule has 3 heterocycles. The minimum atomic E-state index is -0.669. The summed E-state index contributed by atoms with van der Waals surface area (Å²) in [6, 6.07) is 17.9. The number of carbonyl (C=O) groups excluding carboxylic acids is 1. The number of pyridine rings is 2. The number of hydrogen-bond acceptors (Lipinski definition) is 6. The van der Waals surface area contributed by atoms with E-state index in [-0.39, 0.29) is 17.7 Å². The van der Waals surface area contributed by atoms with Crippen molar-refractivity contribution < 1.29 is 23.0 Å². The zero-order chi connectivity index (χ0) is 28.7. The molecule has 41 heavy (non-hydrogen) atoms. The number of benzene rings is 3. The number of ether oxygens (including phenoxy) is 2. The number of methoxy groups -OCH3 is 1. The van der Waals surface area contributed by atoms with Gasteiger partial charge in [-0.2, -0.15) is 0 Å². The van der Waals surface area contributed by atoms with Gasteiger partial charge in [-0.3, -0.25) is 19.1 Å². The number of carbonyl (C=O) groups is 1. The summed E-state index contributed by atoms with van der Waals surface area (Å²) < 4.78 is 42.7. The number of nitrogens with zero attached hydrogens (tertiary/aromatic N) is 4. The van der Waals surface area contributed by atoms with Crippen LogP contribution >= 0.6 is 0 Å². The normalized spacial score (nSPS) is 11.2. The van der Waals surface area contributed by atoms with E-state index >= 15 is 4.39 Å². The van der Waals surface area contributed by atoms with Gasteiger partial charge in [-0.25, -0.2) is 13.8 Å². The minimum absolute atomic E-state index is 0.0295. The molecule has 8 nitrogen and oxygen atoms in total. The number of rotatable bonds is 7. The Kier molecular flexibility index (Phi) is 6.50. The van der Waals surface area contributed by atoms with Crippen LogP contribution in [0.3, 0.4) is 0 Å². The predicted molar refractivity (Wildman–Crippen MR) is 149 cm³/mol. The zero-order valence-corrected chi connectivity index (χ0v) is 22.0. The maximum absolute atomic E-state index is 15.1. The standard InChI is InChI=1S/C31H22F2N4O4/c1-36-17-35-26-16-23(31(39)37(30(26)36)20-6-4-19(32)5-7-20)27(38)14-18-3-10-29(24(33)13-18)41-28-11-12-34-25-15-21(40-2)8-9-22(25)28/h3-13,15-17H,14H2,1-2H3. The predicted octanol–water partition coefficient (Wildman–Crippen LogP) is 5.78. The number of aryl methyl sites for hydroxylation is 1. The Morgan fingerprint density at radius 1 is 0.902 bits per heavy atom. The van der Waals surface area contributed by atoms with Crippen molar-refractivity contribution in [2.45, 2.75) is 6.42 Å². The Hall–Kier alpha value is -5.38. The lowest BCUT2D eigenvalue weighted by molar-refractivity contribution is 0.0991. The summed E-state index contributed by atoms with van der Waals surface area (Å²) in [5.74, 6) is -0.627. The van der Waals surface area contributed by atoms with Gasteiger partial charge in [-0.15, -0.1) is 0 Å². The third-order valence-corrected chi connectivity index (χ3v) is 6.74. The van der Waals surface area contributed by atoms with Crippen LogP contribution in [0.25, 0.3) is 27.8 Å². The molecule has 10 heteroatoms. The molecule has 6 rings (SSSR count). The van der Waals surface area contributed by atoms with Crippen LogP contribution in [0.1, 0.15) is 15.9 Å². The van der Waals surface area contributed by atoms with E-state index in [4.69, 9.17) is 9.47 Å². The molecule has 204 valence electrons. The molecule has 0 atom stereocenters. The monoisotopic (exact) mass is 552 g/mol. The fourth-order valence-electron chi connectivity index (χ4n) is 4.71. The van der Waals surface area contributed by atoms with Gasteiger partial charge in [0.15, 0.2) is 17.3 Å². The Morgan fingerprint density at radius 3 is 2.46 bits per heavy atom. The van der Waals surface area contributed by atoms with Crippen molar-refractivity contribution in [2.75, 3.05) is 7.11 Å². The highest BCUT2D eigenvalue weighted by molar-refractivity contribution is 5.99. The fourth-order valence-corrected chi connectivity index (χ4v) is 4.71. The maximum atomic E-state index is 15.1. The van der Waals surface area contributed by atoms with Crippen LogP contribution in [0, 0.1) is 11.6 Å². The summed E-state index contributed by atoms with van der Waals surface area (Å²) in [6.07, 6.45) is 2.85. The van der Waals surface area contributed by atoms with Crippen molar-refractivity contribution in [1.82, 2.24) is 19.1 Å². The number of imidazole rings is 1. The Labute approximate surface area is 232 Å². The molecule has 3 aromatic heterocycles. The molecular weight excluding hydrogens is 530 g/mol. The van der Waals surface area contributed by atoms with Gasteiger partial charge in [0, 0.05) is 31.1 Å². The van der Waals surface area contributed by atoms with Gasteiger partial charge >= 0.3 is 0 Å². The second kappa shape index (κ2) is 10.3. The van der Waals surface area contributed by atoms with Crippen LogP contribution in [0.5, 0.6) is 17.2 Å². The summed E-state index contributed by atoms with van der Waals surface area (Å²) in [6.45, 7) is 0. The highest BCUT2D eigenvalue weighted by atomic mass is 19.1. The molecule has 0 saturated heterocycles. The molecule has 0 aliphatic carbocycles. The van der Waals surface area contributed by atoms with E-state index in [0.717, 1.165) is 0 Å². The van der Waals surface area contributed by atoms with Gasteiger partial charge in [0.25, 0.3) is 5.56 Å². The van der Waals surface area contributed by atoms with E-state index in [1.54, 1.807) is 55.3 Å². The summed E-state index contributed by atoms with van der Waals surface area (Å²) in [5.41, 5.74) is 1.54. The van der Waals surface area contributed by atoms with Gasteiger partial charge < -0.3 is 14.0 Å². The molecule has 3 aromatic carbocycles. The second-order valence-electron chi connectivity index (χ2n) is 9.40. The van der Waals surface area contributed by atoms with Crippen molar-refractivity contribution in [3.05, 3.63) is 118 Å². The number of aromatic nitrogens is 4. The first-order valence-corrected chi connectivity index (χ1v) is 12.6. The first-order valence-electron chi connectivity index (χ1n) is 12.6. The lowest BCUT2D eigenvalue weighted by Gasteiger charge is -2.12. The fraction of sp³-hybridized carbons (Fsp3) is 0.0968. The maximum Gasteiger partial charge on any atom is 0.267 e. The first kappa shape index (κ1) is 25.9. The van der Waals surface area contributed by atoms with Gasteiger partial charge in [0.2, 0.25) is 0 Å². The van der Waals surface area contributed by atoms with E-state index < -0.39 is 23.0 Å². The average Bonchev–Trinajstić information content (AvgIpc) is 3.34. The van der Waals surface area contributed by atoms with Crippen molar-refractivity contribution >= 4 is 27.9 Å². The molecule has 0 amide bonds. The molecule has 0 saturated carbocycles. The highest BCUT2D eigenvalue weighted by Gasteiger charge is 2.20. The summed E-state index contributed by atoms with van der Waals surface area (Å²) in [7, 11) is 3.27. The largest absolute Gasteiger partial charge is 0.497 e. The van der Waals surface area contributed by atoms with Gasteiger partial charge in [0.1, 0.15) is 28.5 Å². The number of hydrogen-bond donors (Lipinski definition) is 0. The van der Waals surface area contributed by atoms with Crippen molar-refractivity contribution in [3.8, 4) is 22.9 Å². The average molecular weight is 553 g/mol. The molecule has 0 bridgehead atoms. The number of halogens is 2. The van der Waals surface area contributed by atoms with Crippen LogP contribution in [-0.4, -0.2) is 32.0 Å². The van der Waals surface area contributed by atoms with E-state index in [0.29, 0.717) is 44.8 Å². The third kappa shape index (κ3) is 4.80. The first-order chi connectivity index (χ1) is 19.8. The molecule has 0 aliphatic heterocycles. The molecule has 0 fully saturated rings. The lowest BCUT2D eigenvalue weighted by Crippen LogP contribution is -2.27. The molecule has 6 aromatic rings. The van der Waals surface area contributed by atoms with Gasteiger partial charge in [0.05, 0.1) is 30.2 Å². The van der Waals surface area contributed by atoms with Gasteiger partial charge in [-0.05, 0) is 66.2 Å². The zero-order valence-electron chi connectivity index (χ0n) is 22.0. The lowest BCUT2D eigenvalue weighted by atomic mass is 10.0. The van der Waals surface area contributed by atoms with Crippen molar-refractivity contribution in [1.29, 1.82) is 0 Å². The molecule has 0 spiro atoms. The van der Waals surface area contributed by atoms with E-state index in [1.807, 2.05) is 0 Å². The Bertz CT molecular complexity index is 2020. The second-order valence-corrected chi connectivity index (χ2v) is 9.40. The topological polar surface area (TPSA) is 88.2 Å². The third-order valence-electron chi connectivity index (χ3n) is 6.74. The van der Waals surface area contributed by atoms with Crippen molar-refractivity contribution in [2.24, 2.45) is 7.05 Å². The summed E-state index contributed by atoms with van der Waals surface area (Å²) in [4.78, 5) is 35.5. The van der Waals surface area contributed by atoms with E-state index in [9.17, 15) is 14.0 Å². The quantitative estimate of drug-likeness (QED) is 0.234. The highest BCUT2D eigenvalue weighted by Crippen LogP contribution is 2.32. The molecular formula is C31H22F2N4O4. The van der Waals surface area contributed by atoms with Crippen LogP contribution in [0.15, 0.2) is 90.1 Å². The van der Waals surface area contributed by atoms with Crippen LogP contribution in [0.2, 0.25) is 0 Å². The summed E-state index contributed by atoms with van der Waals surface area (Å²) in [5, 5.41) is 0.675. The molecule has 0 unspecified atom stereocenters. The smallest absolute Gasteiger partial charge is 0.267 e. The van der Waals surface area contributed by atoms with E-state index in [2.05, 4.69) is 9.97 Å². The Morgan fingerprint density at radius 2 is 1.71 bits per heavy atom. The van der Waals surface area contributed by atoms with Crippen molar-refractivity contribution in [3.63, 3.8) is 0 Å². The SMILES string of the molecule is COc1ccc2c(Oc3ccc(CC(=O)c4cc5ncn(C)c5n(-c5ccc(F)cc5)c4=O)cc3F)ccnc2c1. The number of fused-ring (bicyclic) bond motifs is 2. The Balaban J connectivity index is 1.30. The minimum Gasteiger partial charge on any atom is -0.497 e. The van der Waals surface area contributed by atoms with Crippen LogP contribution < -0.4 is 15.0 Å². The molecule has 0 N–H and O–H groups in total. The van der Waals surface area contributed by atoms with Crippen LogP contribution in [0.4, 0.5) is 8.78 Å². The van der Waals surface area contributed by atoms with E-state index in [1.165, 1.54) is 53.4 Å². The number of Topliss-reactive ketones (excluding diaryl/α,β-unsaturated/α-hetero) is 1. The summed E-state index contributed by atoms with van der Waals surface area (Å²) >= 11 is 0. The van der Waals surface area contributed by atoms with Crippen LogP contribution in [-0.2, 0) is 13.5 Å². The van der Waals surface area contributed by atoms with Gasteiger partial charge in [-0.1, -0.05) is 6.07 Å².